The molecule has 2 aliphatic heterocycles. The summed E-state index contributed by atoms with van der Waals surface area (Å²) in [6.45, 7) is 6.31. The van der Waals surface area contributed by atoms with Crippen LogP contribution in [0.2, 0.25) is 0 Å². The summed E-state index contributed by atoms with van der Waals surface area (Å²) in [5.41, 5.74) is 1.46. The number of nitrogens with zero attached hydrogens (tertiary/aromatic N) is 2. The maximum absolute atomic E-state index is 2.76. The molecular formula is C21H28N2. The summed E-state index contributed by atoms with van der Waals surface area (Å²) in [6, 6.07) is 16.5. The van der Waals surface area contributed by atoms with Crippen molar-refractivity contribution < 1.29 is 0 Å². The zero-order chi connectivity index (χ0) is 15.5. The van der Waals surface area contributed by atoms with Crippen molar-refractivity contribution in [3.8, 4) is 0 Å². The van der Waals surface area contributed by atoms with Crippen LogP contribution in [0.4, 0.5) is 0 Å². The first-order chi connectivity index (χ1) is 11.4. The molecule has 2 aromatic rings. The van der Waals surface area contributed by atoms with E-state index in [1.165, 1.54) is 74.6 Å². The summed E-state index contributed by atoms with van der Waals surface area (Å²) in [5, 5.41) is 2.72. The number of hydrogen-bond donors (Lipinski definition) is 0. The number of likely N-dealkylation sites (tertiary alicyclic amines) is 2. The lowest BCUT2D eigenvalue weighted by molar-refractivity contribution is 0.0897. The SMILES string of the molecule is c1ccc2cc(CN3CCC(N4CCCCC4)CC3)ccc2c1. The van der Waals surface area contributed by atoms with Gasteiger partial charge in [-0.15, -0.1) is 0 Å². The van der Waals surface area contributed by atoms with E-state index in [1.807, 2.05) is 0 Å². The highest BCUT2D eigenvalue weighted by Gasteiger charge is 2.25. The van der Waals surface area contributed by atoms with Crippen molar-refractivity contribution >= 4 is 10.8 Å². The molecule has 0 radical (unpaired) electrons. The summed E-state index contributed by atoms with van der Waals surface area (Å²) >= 11 is 0. The lowest BCUT2D eigenvalue weighted by atomic mass is 9.99. The van der Waals surface area contributed by atoms with Gasteiger partial charge in [-0.25, -0.2) is 0 Å². The second kappa shape index (κ2) is 7.02. The highest BCUT2D eigenvalue weighted by molar-refractivity contribution is 5.82. The summed E-state index contributed by atoms with van der Waals surface area (Å²) in [5.74, 6) is 0. The van der Waals surface area contributed by atoms with Gasteiger partial charge in [-0.1, -0.05) is 42.8 Å². The first kappa shape index (κ1) is 15.2. The van der Waals surface area contributed by atoms with Crippen molar-refractivity contribution in [1.29, 1.82) is 0 Å². The number of benzene rings is 2. The highest BCUT2D eigenvalue weighted by atomic mass is 15.2. The van der Waals surface area contributed by atoms with Gasteiger partial charge in [-0.3, -0.25) is 4.90 Å². The number of piperidine rings is 2. The van der Waals surface area contributed by atoms with E-state index >= 15 is 0 Å². The summed E-state index contributed by atoms with van der Waals surface area (Å²) in [4.78, 5) is 5.40. The summed E-state index contributed by atoms with van der Waals surface area (Å²) in [6.07, 6.45) is 6.98. The minimum atomic E-state index is 0.850. The maximum Gasteiger partial charge on any atom is 0.0233 e. The standard InChI is InChI=1S/C21H28N2/c1-4-12-23(13-5-1)21-10-14-22(15-11-21)17-18-8-9-19-6-2-3-7-20(19)16-18/h2-3,6-9,16,21H,1,4-5,10-15,17H2. The third-order valence-electron chi connectivity index (χ3n) is 5.68. The van der Waals surface area contributed by atoms with Crippen molar-refractivity contribution in [3.63, 3.8) is 0 Å². The van der Waals surface area contributed by atoms with Crippen molar-refractivity contribution in [3.05, 3.63) is 48.0 Å². The van der Waals surface area contributed by atoms with E-state index in [0.717, 1.165) is 12.6 Å². The molecule has 0 saturated carbocycles. The second-order valence-corrected chi connectivity index (χ2v) is 7.29. The quantitative estimate of drug-likeness (QED) is 0.834. The van der Waals surface area contributed by atoms with Crippen LogP contribution in [-0.4, -0.2) is 42.0 Å². The topological polar surface area (TPSA) is 6.48 Å². The summed E-state index contributed by atoms with van der Waals surface area (Å²) in [7, 11) is 0. The second-order valence-electron chi connectivity index (χ2n) is 7.29. The smallest absolute Gasteiger partial charge is 0.0233 e. The van der Waals surface area contributed by atoms with Gasteiger partial charge < -0.3 is 4.90 Å². The third-order valence-corrected chi connectivity index (χ3v) is 5.68. The van der Waals surface area contributed by atoms with E-state index in [9.17, 15) is 0 Å². The van der Waals surface area contributed by atoms with Crippen LogP contribution in [0.15, 0.2) is 42.5 Å². The van der Waals surface area contributed by atoms with Gasteiger partial charge in [0.15, 0.2) is 0 Å². The molecule has 0 bridgehead atoms. The van der Waals surface area contributed by atoms with Crippen LogP contribution in [0.3, 0.4) is 0 Å². The first-order valence-corrected chi connectivity index (χ1v) is 9.32. The minimum absolute atomic E-state index is 0.850. The number of rotatable bonds is 3. The molecule has 0 N–H and O–H groups in total. The fraction of sp³-hybridized carbons (Fsp3) is 0.524. The first-order valence-electron chi connectivity index (χ1n) is 9.32. The van der Waals surface area contributed by atoms with Gasteiger partial charge in [-0.05, 0) is 74.3 Å². The molecule has 0 spiro atoms. The maximum atomic E-state index is 2.76. The minimum Gasteiger partial charge on any atom is -0.300 e. The average Bonchev–Trinajstić information content (AvgIpc) is 2.63. The molecule has 0 aliphatic carbocycles. The van der Waals surface area contributed by atoms with Gasteiger partial charge in [0, 0.05) is 12.6 Å². The molecule has 2 fully saturated rings. The Morgan fingerprint density at radius 1 is 0.783 bits per heavy atom. The molecule has 2 nitrogen and oxygen atoms in total. The molecule has 0 unspecified atom stereocenters. The van der Waals surface area contributed by atoms with Crippen molar-refractivity contribution in [2.75, 3.05) is 26.2 Å². The number of hydrogen-bond acceptors (Lipinski definition) is 2. The van der Waals surface area contributed by atoms with Crippen LogP contribution in [0.25, 0.3) is 10.8 Å². The molecule has 2 heterocycles. The molecule has 2 saturated heterocycles. The van der Waals surface area contributed by atoms with E-state index in [-0.39, 0.29) is 0 Å². The van der Waals surface area contributed by atoms with Crippen molar-refractivity contribution in [1.82, 2.24) is 9.80 Å². The lowest BCUT2D eigenvalue weighted by Crippen LogP contribution is -2.46. The molecular weight excluding hydrogens is 280 g/mol. The molecule has 2 aromatic carbocycles. The molecule has 23 heavy (non-hydrogen) atoms. The Hall–Kier alpha value is -1.38. The van der Waals surface area contributed by atoms with E-state index in [2.05, 4.69) is 52.3 Å². The molecule has 122 valence electrons. The molecule has 4 rings (SSSR count). The third kappa shape index (κ3) is 3.59. The van der Waals surface area contributed by atoms with E-state index in [4.69, 9.17) is 0 Å². The van der Waals surface area contributed by atoms with Crippen LogP contribution >= 0.6 is 0 Å². The van der Waals surface area contributed by atoms with Crippen LogP contribution in [0.5, 0.6) is 0 Å². The lowest BCUT2D eigenvalue weighted by Gasteiger charge is -2.40. The van der Waals surface area contributed by atoms with Gasteiger partial charge in [0.25, 0.3) is 0 Å². The molecule has 2 aliphatic rings. The average molecular weight is 308 g/mol. The normalized spacial score (nSPS) is 21.7. The zero-order valence-corrected chi connectivity index (χ0v) is 14.1. The van der Waals surface area contributed by atoms with E-state index in [0.29, 0.717) is 0 Å². The van der Waals surface area contributed by atoms with Crippen molar-refractivity contribution in [2.24, 2.45) is 0 Å². The van der Waals surface area contributed by atoms with Crippen molar-refractivity contribution in [2.45, 2.75) is 44.7 Å². The van der Waals surface area contributed by atoms with Crippen LogP contribution < -0.4 is 0 Å². The predicted molar refractivity (Wildman–Crippen MR) is 97.7 cm³/mol. The fourth-order valence-electron chi connectivity index (χ4n) is 4.32. The molecule has 2 heteroatoms. The summed E-state index contributed by atoms with van der Waals surface area (Å²) < 4.78 is 0. The zero-order valence-electron chi connectivity index (χ0n) is 14.1. The largest absolute Gasteiger partial charge is 0.300 e. The van der Waals surface area contributed by atoms with Crippen LogP contribution in [0.1, 0.15) is 37.7 Å². The Morgan fingerprint density at radius 2 is 1.52 bits per heavy atom. The Balaban J connectivity index is 1.34. The van der Waals surface area contributed by atoms with Crippen LogP contribution in [0, 0.1) is 0 Å². The van der Waals surface area contributed by atoms with Crippen LogP contribution in [-0.2, 0) is 6.54 Å². The van der Waals surface area contributed by atoms with Gasteiger partial charge in [0.05, 0.1) is 0 Å². The molecule has 0 aromatic heterocycles. The van der Waals surface area contributed by atoms with Gasteiger partial charge >= 0.3 is 0 Å². The highest BCUT2D eigenvalue weighted by Crippen LogP contribution is 2.23. The van der Waals surface area contributed by atoms with Gasteiger partial charge in [0.2, 0.25) is 0 Å². The van der Waals surface area contributed by atoms with E-state index in [1.54, 1.807) is 0 Å². The van der Waals surface area contributed by atoms with Gasteiger partial charge in [-0.2, -0.15) is 0 Å². The number of fused-ring (bicyclic) bond motifs is 1. The predicted octanol–water partition coefficient (Wildman–Crippen LogP) is 4.29. The fourth-order valence-corrected chi connectivity index (χ4v) is 4.32. The molecule has 0 atom stereocenters. The molecule has 0 amide bonds. The monoisotopic (exact) mass is 308 g/mol. The Morgan fingerprint density at radius 3 is 2.30 bits per heavy atom. The Labute approximate surface area is 140 Å². The Bertz CT molecular complexity index is 637. The van der Waals surface area contributed by atoms with Gasteiger partial charge in [0.1, 0.15) is 0 Å². The van der Waals surface area contributed by atoms with E-state index < -0.39 is 0 Å². The Kier molecular flexibility index (Phi) is 4.63.